The monoisotopic (exact) mass is 336 g/mol. The number of benzene rings is 1. The van der Waals surface area contributed by atoms with Crippen LogP contribution in [0.2, 0.25) is 10.0 Å². The van der Waals surface area contributed by atoms with Gasteiger partial charge in [0, 0.05) is 31.0 Å². The molecule has 1 aromatic heterocycles. The van der Waals surface area contributed by atoms with E-state index in [2.05, 4.69) is 15.9 Å². The maximum Gasteiger partial charge on any atom is 0.107 e. The van der Waals surface area contributed by atoms with Gasteiger partial charge in [-0.1, -0.05) is 29.3 Å². The topological polar surface area (TPSA) is 20.2 Å². The third-order valence-electron chi connectivity index (χ3n) is 2.19. The first kappa shape index (κ1) is 12.4. The van der Waals surface area contributed by atoms with Crippen molar-refractivity contribution in [1.82, 2.24) is 0 Å². The van der Waals surface area contributed by atoms with Crippen molar-refractivity contribution in [2.75, 3.05) is 0 Å². The fourth-order valence-corrected chi connectivity index (χ4v) is 3.42. The van der Waals surface area contributed by atoms with Crippen LogP contribution in [-0.2, 0) is 0 Å². The quantitative estimate of drug-likeness (QED) is 0.826. The summed E-state index contributed by atoms with van der Waals surface area (Å²) in [7, 11) is 0. The smallest absolute Gasteiger partial charge is 0.107 e. The zero-order valence-electron chi connectivity index (χ0n) is 7.95. The molecular formula is C11H7BrCl2OS. The number of halogens is 3. The van der Waals surface area contributed by atoms with Crippen LogP contribution >= 0.6 is 50.5 Å². The largest absolute Gasteiger partial charge is 0.384 e. The van der Waals surface area contributed by atoms with E-state index in [1.54, 1.807) is 18.2 Å². The van der Waals surface area contributed by atoms with Gasteiger partial charge >= 0.3 is 0 Å². The third kappa shape index (κ3) is 2.44. The molecule has 16 heavy (non-hydrogen) atoms. The minimum absolute atomic E-state index is 0.470. The van der Waals surface area contributed by atoms with Gasteiger partial charge in [-0.3, -0.25) is 0 Å². The highest BCUT2D eigenvalue weighted by molar-refractivity contribution is 9.10. The third-order valence-corrected chi connectivity index (χ3v) is 4.51. The molecule has 1 nitrogen and oxygen atoms in total. The first-order valence-electron chi connectivity index (χ1n) is 4.44. The Morgan fingerprint density at radius 3 is 2.50 bits per heavy atom. The fourth-order valence-electron chi connectivity index (χ4n) is 1.38. The molecule has 0 bridgehead atoms. The fraction of sp³-hybridized carbons (Fsp3) is 0.0909. The predicted octanol–water partition coefficient (Wildman–Crippen LogP) is 4.90. The Morgan fingerprint density at radius 2 is 1.94 bits per heavy atom. The normalized spacial score (nSPS) is 12.8. The van der Waals surface area contributed by atoms with E-state index in [0.29, 0.717) is 15.6 Å². The van der Waals surface area contributed by atoms with Crippen molar-refractivity contribution in [3.63, 3.8) is 0 Å². The second kappa shape index (κ2) is 5.07. The highest BCUT2D eigenvalue weighted by Gasteiger charge is 2.17. The van der Waals surface area contributed by atoms with E-state index < -0.39 is 6.10 Å². The molecule has 0 aliphatic heterocycles. The van der Waals surface area contributed by atoms with Crippen molar-refractivity contribution in [1.29, 1.82) is 0 Å². The molecule has 1 unspecified atom stereocenters. The van der Waals surface area contributed by atoms with E-state index in [9.17, 15) is 5.11 Å². The van der Waals surface area contributed by atoms with E-state index in [0.717, 1.165) is 10.0 Å². The predicted molar refractivity (Wildman–Crippen MR) is 72.5 cm³/mol. The molecule has 0 saturated heterocycles. The summed E-state index contributed by atoms with van der Waals surface area (Å²) in [5.41, 5.74) is 1.47. The van der Waals surface area contributed by atoms with Crippen molar-refractivity contribution in [3.8, 4) is 0 Å². The molecular weight excluding hydrogens is 331 g/mol. The van der Waals surface area contributed by atoms with Crippen molar-refractivity contribution < 1.29 is 5.11 Å². The average molecular weight is 338 g/mol. The number of aliphatic hydroxyl groups is 1. The summed E-state index contributed by atoms with van der Waals surface area (Å²) in [6.45, 7) is 0. The molecule has 1 aromatic carbocycles. The van der Waals surface area contributed by atoms with Crippen LogP contribution in [0.25, 0.3) is 0 Å². The first-order valence-corrected chi connectivity index (χ1v) is 6.93. The van der Waals surface area contributed by atoms with E-state index in [-0.39, 0.29) is 0 Å². The Hall–Kier alpha value is -0.0600. The summed E-state index contributed by atoms with van der Waals surface area (Å²) in [5, 5.41) is 15.0. The van der Waals surface area contributed by atoms with Gasteiger partial charge in [0.05, 0.1) is 0 Å². The Labute approximate surface area is 116 Å². The Kier molecular flexibility index (Phi) is 3.93. The van der Waals surface area contributed by atoms with Crippen LogP contribution in [0.15, 0.2) is 33.4 Å². The molecule has 0 amide bonds. The molecule has 5 heteroatoms. The summed E-state index contributed by atoms with van der Waals surface area (Å²) in [5.74, 6) is 0. The van der Waals surface area contributed by atoms with Gasteiger partial charge in [0.15, 0.2) is 0 Å². The van der Waals surface area contributed by atoms with Gasteiger partial charge < -0.3 is 5.11 Å². The molecule has 0 aliphatic carbocycles. The minimum Gasteiger partial charge on any atom is -0.384 e. The van der Waals surface area contributed by atoms with E-state index in [4.69, 9.17) is 23.2 Å². The van der Waals surface area contributed by atoms with Gasteiger partial charge in [-0.2, -0.15) is 11.3 Å². The molecule has 0 spiro atoms. The van der Waals surface area contributed by atoms with Gasteiger partial charge in [-0.05, 0) is 33.4 Å². The van der Waals surface area contributed by atoms with Crippen LogP contribution in [0.3, 0.4) is 0 Å². The maximum atomic E-state index is 10.2. The summed E-state index contributed by atoms with van der Waals surface area (Å²) in [6.07, 6.45) is -0.731. The van der Waals surface area contributed by atoms with Crippen LogP contribution in [-0.4, -0.2) is 5.11 Å². The zero-order chi connectivity index (χ0) is 11.7. The van der Waals surface area contributed by atoms with Gasteiger partial charge in [-0.25, -0.2) is 0 Å². The van der Waals surface area contributed by atoms with Gasteiger partial charge in [0.1, 0.15) is 6.10 Å². The molecule has 0 radical (unpaired) electrons. The number of aliphatic hydroxyl groups excluding tert-OH is 1. The van der Waals surface area contributed by atoms with Crippen LogP contribution < -0.4 is 0 Å². The second-order valence-corrected chi connectivity index (χ2v) is 5.68. The number of hydrogen-bond donors (Lipinski definition) is 1. The molecule has 0 aliphatic rings. The number of hydrogen-bond acceptors (Lipinski definition) is 2. The van der Waals surface area contributed by atoms with Crippen molar-refractivity contribution in [2.24, 2.45) is 0 Å². The van der Waals surface area contributed by atoms with Crippen molar-refractivity contribution in [3.05, 3.63) is 54.6 Å². The lowest BCUT2D eigenvalue weighted by atomic mass is 10.0. The lowest BCUT2D eigenvalue weighted by Gasteiger charge is -2.12. The maximum absolute atomic E-state index is 10.2. The summed E-state index contributed by atoms with van der Waals surface area (Å²) >= 11 is 16.7. The van der Waals surface area contributed by atoms with Gasteiger partial charge in [-0.15, -0.1) is 0 Å². The van der Waals surface area contributed by atoms with Crippen LogP contribution in [0, 0.1) is 0 Å². The minimum atomic E-state index is -0.731. The van der Waals surface area contributed by atoms with Gasteiger partial charge in [0.2, 0.25) is 0 Å². The van der Waals surface area contributed by atoms with Crippen molar-refractivity contribution in [2.45, 2.75) is 6.10 Å². The molecule has 2 rings (SSSR count). The first-order chi connectivity index (χ1) is 7.59. The zero-order valence-corrected chi connectivity index (χ0v) is 11.9. The highest BCUT2D eigenvalue weighted by atomic mass is 79.9. The Bertz CT molecular complexity index is 512. The molecule has 84 valence electrons. The highest BCUT2D eigenvalue weighted by Crippen LogP contribution is 2.35. The average Bonchev–Trinajstić information content (AvgIpc) is 2.63. The molecule has 0 fully saturated rings. The van der Waals surface area contributed by atoms with Crippen LogP contribution in [0.5, 0.6) is 0 Å². The second-order valence-electron chi connectivity index (χ2n) is 3.24. The SMILES string of the molecule is OC(c1ccc(Cl)cc1Cl)c1cscc1Br. The molecule has 1 heterocycles. The van der Waals surface area contributed by atoms with E-state index in [1.165, 1.54) is 11.3 Å². The molecule has 2 aromatic rings. The molecule has 0 saturated carbocycles. The van der Waals surface area contributed by atoms with Crippen molar-refractivity contribution >= 4 is 50.5 Å². The van der Waals surface area contributed by atoms with E-state index in [1.807, 2.05) is 10.8 Å². The van der Waals surface area contributed by atoms with Crippen LogP contribution in [0.1, 0.15) is 17.2 Å². The lowest BCUT2D eigenvalue weighted by molar-refractivity contribution is 0.220. The molecule has 1 atom stereocenters. The van der Waals surface area contributed by atoms with Crippen LogP contribution in [0.4, 0.5) is 0 Å². The summed E-state index contributed by atoms with van der Waals surface area (Å²) < 4.78 is 0.885. The van der Waals surface area contributed by atoms with E-state index >= 15 is 0 Å². The molecule has 1 N–H and O–H groups in total. The summed E-state index contributed by atoms with van der Waals surface area (Å²) in [6, 6.07) is 5.08. The standard InChI is InChI=1S/C11H7BrCl2OS/c12-9-5-16-4-8(9)11(15)7-2-1-6(13)3-10(7)14/h1-5,11,15H. The number of rotatable bonds is 2. The summed E-state index contributed by atoms with van der Waals surface area (Å²) in [4.78, 5) is 0. The lowest BCUT2D eigenvalue weighted by Crippen LogP contribution is -1.99. The Balaban J connectivity index is 2.41. The van der Waals surface area contributed by atoms with Gasteiger partial charge in [0.25, 0.3) is 0 Å². The Morgan fingerprint density at radius 1 is 1.19 bits per heavy atom. The number of thiophene rings is 1.